The van der Waals surface area contributed by atoms with Gasteiger partial charge in [-0.15, -0.1) is 6.58 Å². The van der Waals surface area contributed by atoms with Gasteiger partial charge in [-0.25, -0.2) is 0 Å². The van der Waals surface area contributed by atoms with Crippen molar-refractivity contribution in [1.29, 1.82) is 0 Å². The minimum atomic E-state index is -0.759. The predicted molar refractivity (Wildman–Crippen MR) is 72.3 cm³/mol. The lowest BCUT2D eigenvalue weighted by Crippen LogP contribution is -2.34. The Hall–Kier alpha value is -2.70. The van der Waals surface area contributed by atoms with Gasteiger partial charge in [-0.3, -0.25) is 14.9 Å². The number of hydrogen-bond donors (Lipinski definition) is 1. The van der Waals surface area contributed by atoms with E-state index < -0.39 is 11.0 Å². The van der Waals surface area contributed by atoms with Gasteiger partial charge in [0.15, 0.2) is 0 Å². The molecule has 0 aromatic heterocycles. The van der Waals surface area contributed by atoms with Crippen LogP contribution in [0.25, 0.3) is 0 Å². The minimum absolute atomic E-state index is 0.0537. The molecular weight excluding hydrogens is 262 g/mol. The maximum Gasteiger partial charge on any atom is 0.278 e. The van der Waals surface area contributed by atoms with Gasteiger partial charge in [0.25, 0.3) is 11.6 Å². The molecule has 1 aromatic carbocycles. The molecule has 1 N–H and O–H groups in total. The van der Waals surface area contributed by atoms with Crippen LogP contribution in [0.5, 0.6) is 0 Å². The highest BCUT2D eigenvalue weighted by molar-refractivity contribution is 6.06. The predicted octanol–water partition coefficient (Wildman–Crippen LogP) is 1.39. The molecule has 0 aliphatic carbocycles. The number of nitro benzene ring substituents is 1. The van der Waals surface area contributed by atoms with Crippen molar-refractivity contribution in [3.8, 4) is 0 Å². The average Bonchev–Trinajstić information content (AvgIpc) is 2.94. The minimum Gasteiger partial charge on any atom is -0.382 e. The van der Waals surface area contributed by atoms with Gasteiger partial charge in [-0.1, -0.05) is 23.4 Å². The van der Waals surface area contributed by atoms with Gasteiger partial charge in [-0.2, -0.15) is 0 Å². The fourth-order valence-electron chi connectivity index (χ4n) is 1.84. The summed E-state index contributed by atoms with van der Waals surface area (Å²) in [5.41, 5.74) is 0.717. The van der Waals surface area contributed by atoms with E-state index in [-0.39, 0.29) is 18.0 Å². The van der Waals surface area contributed by atoms with Crippen LogP contribution in [0.15, 0.2) is 42.1 Å². The highest BCUT2D eigenvalue weighted by atomic mass is 16.6. The van der Waals surface area contributed by atoms with Crippen LogP contribution in [-0.2, 0) is 9.63 Å². The van der Waals surface area contributed by atoms with Crippen molar-refractivity contribution in [2.45, 2.75) is 12.5 Å². The Kier molecular flexibility index (Phi) is 4.09. The third-order valence-electron chi connectivity index (χ3n) is 2.79. The van der Waals surface area contributed by atoms with Gasteiger partial charge in [0.05, 0.1) is 16.2 Å². The second-order valence-corrected chi connectivity index (χ2v) is 4.14. The molecule has 0 radical (unpaired) electrons. The Labute approximate surface area is 115 Å². The smallest absolute Gasteiger partial charge is 0.278 e. The lowest BCUT2D eigenvalue weighted by molar-refractivity contribution is -0.385. The van der Waals surface area contributed by atoms with Gasteiger partial charge in [0.2, 0.25) is 6.10 Å². The molecule has 7 nitrogen and oxygen atoms in total. The maximum atomic E-state index is 11.7. The monoisotopic (exact) mass is 275 g/mol. The SMILES string of the molecule is C=CCNC(=O)[C@@H]1CC(c2ccccc2[N+](=O)[O-])=NO1. The molecule has 1 heterocycles. The number of para-hydroxylation sites is 1. The standard InChI is InChI=1S/C13H13N3O4/c1-2-7-14-13(17)12-8-10(15-20-12)9-5-3-4-6-11(9)16(18)19/h2-6,12H,1,7-8H2,(H,14,17)/t12-/m0/s1. The molecule has 20 heavy (non-hydrogen) atoms. The molecule has 0 spiro atoms. The summed E-state index contributed by atoms with van der Waals surface area (Å²) in [6.07, 6.45) is 0.995. The first kappa shape index (κ1) is 13.7. The zero-order chi connectivity index (χ0) is 14.5. The van der Waals surface area contributed by atoms with Crippen molar-refractivity contribution in [2.24, 2.45) is 5.16 Å². The van der Waals surface area contributed by atoms with Crippen molar-refractivity contribution in [3.63, 3.8) is 0 Å². The molecule has 1 aromatic rings. The van der Waals surface area contributed by atoms with Crippen LogP contribution in [0.2, 0.25) is 0 Å². The number of carbonyl (C=O) groups is 1. The second-order valence-electron chi connectivity index (χ2n) is 4.14. The number of nitrogens with zero attached hydrogens (tertiary/aromatic N) is 2. The Morgan fingerprint density at radius 1 is 1.60 bits per heavy atom. The number of rotatable bonds is 5. The van der Waals surface area contributed by atoms with Crippen molar-refractivity contribution >= 4 is 17.3 Å². The van der Waals surface area contributed by atoms with Crippen LogP contribution in [-0.4, -0.2) is 29.2 Å². The number of carbonyl (C=O) groups excluding carboxylic acids is 1. The number of benzene rings is 1. The Morgan fingerprint density at radius 3 is 3.05 bits per heavy atom. The zero-order valence-corrected chi connectivity index (χ0v) is 10.6. The molecule has 0 saturated carbocycles. The van der Waals surface area contributed by atoms with Crippen LogP contribution in [0.4, 0.5) is 5.69 Å². The number of amides is 1. The molecule has 7 heteroatoms. The average molecular weight is 275 g/mol. The van der Waals surface area contributed by atoms with E-state index in [1.54, 1.807) is 24.3 Å². The van der Waals surface area contributed by atoms with Crippen LogP contribution in [0.1, 0.15) is 12.0 Å². The van der Waals surface area contributed by atoms with E-state index in [1.807, 2.05) is 0 Å². The molecule has 2 rings (SSSR count). The van der Waals surface area contributed by atoms with Gasteiger partial charge < -0.3 is 10.2 Å². The molecule has 0 bridgehead atoms. The molecule has 0 fully saturated rings. The van der Waals surface area contributed by atoms with E-state index >= 15 is 0 Å². The van der Waals surface area contributed by atoms with Crippen LogP contribution >= 0.6 is 0 Å². The summed E-state index contributed by atoms with van der Waals surface area (Å²) in [5.74, 6) is -0.317. The summed E-state index contributed by atoms with van der Waals surface area (Å²) >= 11 is 0. The van der Waals surface area contributed by atoms with Gasteiger partial charge in [-0.05, 0) is 6.07 Å². The molecular formula is C13H13N3O4. The first-order chi connectivity index (χ1) is 9.63. The Morgan fingerprint density at radius 2 is 2.35 bits per heavy atom. The Bertz CT molecular complexity index is 583. The maximum absolute atomic E-state index is 11.7. The van der Waals surface area contributed by atoms with E-state index in [0.717, 1.165) is 0 Å². The zero-order valence-electron chi connectivity index (χ0n) is 10.6. The summed E-state index contributed by atoms with van der Waals surface area (Å²) in [7, 11) is 0. The fourth-order valence-corrected chi connectivity index (χ4v) is 1.84. The first-order valence-corrected chi connectivity index (χ1v) is 5.98. The number of hydrogen-bond acceptors (Lipinski definition) is 5. The molecule has 0 saturated heterocycles. The lowest BCUT2D eigenvalue weighted by atomic mass is 10.0. The quantitative estimate of drug-likeness (QED) is 0.499. The van der Waals surface area contributed by atoms with E-state index in [1.165, 1.54) is 6.07 Å². The summed E-state index contributed by atoms with van der Waals surface area (Å²) < 4.78 is 0. The summed E-state index contributed by atoms with van der Waals surface area (Å²) in [4.78, 5) is 27.2. The topological polar surface area (TPSA) is 93.8 Å². The van der Waals surface area contributed by atoms with Crippen molar-refractivity contribution < 1.29 is 14.6 Å². The normalized spacial score (nSPS) is 17.0. The van der Waals surface area contributed by atoms with Gasteiger partial charge >= 0.3 is 0 Å². The molecule has 1 amide bonds. The van der Waals surface area contributed by atoms with Gasteiger partial charge in [0, 0.05) is 19.0 Å². The largest absolute Gasteiger partial charge is 0.382 e. The van der Waals surface area contributed by atoms with Crippen LogP contribution in [0, 0.1) is 10.1 Å². The third kappa shape index (κ3) is 2.82. The van der Waals surface area contributed by atoms with Crippen molar-refractivity contribution in [1.82, 2.24) is 5.32 Å². The molecule has 1 atom stereocenters. The summed E-state index contributed by atoms with van der Waals surface area (Å²) in [5, 5.41) is 17.3. The number of oxime groups is 1. The van der Waals surface area contributed by atoms with E-state index in [4.69, 9.17) is 4.84 Å². The molecule has 1 aliphatic heterocycles. The molecule has 0 unspecified atom stereocenters. The van der Waals surface area contributed by atoms with Crippen LogP contribution in [0.3, 0.4) is 0 Å². The fraction of sp³-hybridized carbons (Fsp3) is 0.231. The van der Waals surface area contributed by atoms with Gasteiger partial charge in [0.1, 0.15) is 0 Å². The number of nitrogens with one attached hydrogen (secondary N) is 1. The second kappa shape index (κ2) is 5.96. The lowest BCUT2D eigenvalue weighted by Gasteiger charge is -2.07. The highest BCUT2D eigenvalue weighted by Crippen LogP contribution is 2.24. The van der Waals surface area contributed by atoms with E-state index in [2.05, 4.69) is 17.1 Å². The Balaban J connectivity index is 2.12. The van der Waals surface area contributed by atoms with Crippen LogP contribution < -0.4 is 5.32 Å². The van der Waals surface area contributed by atoms with Crippen molar-refractivity contribution in [3.05, 3.63) is 52.6 Å². The summed E-state index contributed by atoms with van der Waals surface area (Å²) in [6, 6.07) is 6.23. The first-order valence-electron chi connectivity index (χ1n) is 5.98. The van der Waals surface area contributed by atoms with Crippen molar-refractivity contribution in [2.75, 3.05) is 6.54 Å². The third-order valence-corrected chi connectivity index (χ3v) is 2.79. The van der Waals surface area contributed by atoms with E-state index in [9.17, 15) is 14.9 Å². The molecule has 1 aliphatic rings. The highest BCUT2D eigenvalue weighted by Gasteiger charge is 2.31. The molecule has 104 valence electrons. The summed E-state index contributed by atoms with van der Waals surface area (Å²) in [6.45, 7) is 3.83. The van der Waals surface area contributed by atoms with E-state index in [0.29, 0.717) is 17.8 Å². The number of nitro groups is 1.